The number of ether oxygens (including phenoxy) is 1. The first kappa shape index (κ1) is 12.5. The molecule has 3 heteroatoms. The minimum absolute atomic E-state index is 0.00961. The Labute approximate surface area is 93.3 Å². The average molecular weight is 212 g/mol. The van der Waals surface area contributed by atoms with E-state index in [4.69, 9.17) is 10.1 Å². The largest absolute Gasteiger partial charge is 0.370 e. The molecule has 1 heterocycles. The number of likely N-dealkylation sites (tertiary alicyclic amines) is 1. The average Bonchev–Trinajstić information content (AvgIpc) is 2.63. The first-order valence-electron chi connectivity index (χ1n) is 5.91. The Bertz CT molecular complexity index is 214. The molecule has 1 unspecified atom stereocenters. The number of hydrogen-bond acceptors (Lipinski definition) is 2. The maximum absolute atomic E-state index is 8.20. The molecule has 1 atom stereocenters. The Balaban J connectivity index is 2.66. The van der Waals surface area contributed by atoms with E-state index < -0.39 is 0 Å². The second-order valence-corrected chi connectivity index (χ2v) is 5.28. The minimum atomic E-state index is -0.0689. The van der Waals surface area contributed by atoms with Crippen LogP contribution in [0.1, 0.15) is 40.5 Å². The lowest BCUT2D eigenvalue weighted by atomic mass is 9.88. The predicted molar refractivity (Wildman–Crippen MR) is 63.4 cm³/mol. The fraction of sp³-hybridized carbons (Fsp3) is 0.917. The molecule has 1 fully saturated rings. The van der Waals surface area contributed by atoms with Crippen molar-refractivity contribution in [3.05, 3.63) is 0 Å². The number of nitrogens with zero attached hydrogens (tertiary/aromatic N) is 1. The Morgan fingerprint density at radius 1 is 1.33 bits per heavy atom. The van der Waals surface area contributed by atoms with Crippen LogP contribution in [0.3, 0.4) is 0 Å². The second kappa shape index (κ2) is 4.97. The summed E-state index contributed by atoms with van der Waals surface area (Å²) in [6.45, 7) is 11.1. The van der Waals surface area contributed by atoms with E-state index in [1.165, 1.54) is 12.8 Å². The SMILES string of the molecule is CCOC(C(=N)N1CCCC1)C(C)(C)C. The van der Waals surface area contributed by atoms with Crippen molar-refractivity contribution in [1.82, 2.24) is 4.90 Å². The van der Waals surface area contributed by atoms with Gasteiger partial charge in [0.05, 0.1) is 0 Å². The van der Waals surface area contributed by atoms with E-state index in [0.29, 0.717) is 12.4 Å². The van der Waals surface area contributed by atoms with Crippen LogP contribution in [0.2, 0.25) is 0 Å². The van der Waals surface area contributed by atoms with Crippen molar-refractivity contribution in [1.29, 1.82) is 5.41 Å². The summed E-state index contributed by atoms with van der Waals surface area (Å²) in [5.41, 5.74) is 0.00961. The summed E-state index contributed by atoms with van der Waals surface area (Å²) in [6, 6.07) is 0. The highest BCUT2D eigenvalue weighted by Gasteiger charge is 2.32. The molecule has 0 saturated carbocycles. The molecular weight excluding hydrogens is 188 g/mol. The maximum Gasteiger partial charge on any atom is 0.126 e. The van der Waals surface area contributed by atoms with E-state index in [1.54, 1.807) is 0 Å². The molecule has 15 heavy (non-hydrogen) atoms. The van der Waals surface area contributed by atoms with Crippen LogP contribution >= 0.6 is 0 Å². The van der Waals surface area contributed by atoms with Gasteiger partial charge < -0.3 is 9.64 Å². The van der Waals surface area contributed by atoms with Crippen molar-refractivity contribution < 1.29 is 4.74 Å². The van der Waals surface area contributed by atoms with Crippen molar-refractivity contribution in [3.8, 4) is 0 Å². The molecule has 1 saturated heterocycles. The Kier molecular flexibility index (Phi) is 4.14. The fourth-order valence-corrected chi connectivity index (χ4v) is 2.03. The molecule has 0 aromatic carbocycles. The molecule has 1 aliphatic rings. The molecule has 0 spiro atoms. The second-order valence-electron chi connectivity index (χ2n) is 5.28. The van der Waals surface area contributed by atoms with Gasteiger partial charge in [0.15, 0.2) is 0 Å². The zero-order valence-electron chi connectivity index (χ0n) is 10.5. The number of nitrogens with one attached hydrogen (secondary N) is 1. The van der Waals surface area contributed by atoms with Gasteiger partial charge in [-0.3, -0.25) is 5.41 Å². The fourth-order valence-electron chi connectivity index (χ4n) is 2.03. The number of amidine groups is 1. The van der Waals surface area contributed by atoms with Gasteiger partial charge in [-0.1, -0.05) is 20.8 Å². The lowest BCUT2D eigenvalue weighted by molar-refractivity contribution is 0.0281. The smallest absolute Gasteiger partial charge is 0.126 e. The summed E-state index contributed by atoms with van der Waals surface area (Å²) in [6.07, 6.45) is 2.36. The lowest BCUT2D eigenvalue weighted by Gasteiger charge is -2.34. The third-order valence-electron chi connectivity index (χ3n) is 2.81. The van der Waals surface area contributed by atoms with Crippen molar-refractivity contribution in [2.75, 3.05) is 19.7 Å². The summed E-state index contributed by atoms with van der Waals surface area (Å²) in [4.78, 5) is 2.16. The molecule has 3 nitrogen and oxygen atoms in total. The zero-order chi connectivity index (χ0) is 11.5. The molecule has 1 rings (SSSR count). The van der Waals surface area contributed by atoms with Gasteiger partial charge in [0.2, 0.25) is 0 Å². The highest BCUT2D eigenvalue weighted by molar-refractivity contribution is 5.84. The van der Waals surface area contributed by atoms with E-state index in [2.05, 4.69) is 25.7 Å². The van der Waals surface area contributed by atoms with E-state index in [9.17, 15) is 0 Å². The third kappa shape index (κ3) is 3.20. The maximum atomic E-state index is 8.20. The summed E-state index contributed by atoms with van der Waals surface area (Å²) < 4.78 is 5.71. The molecule has 0 aromatic heterocycles. The van der Waals surface area contributed by atoms with Crippen molar-refractivity contribution >= 4 is 5.84 Å². The molecule has 0 aromatic rings. The standard InChI is InChI=1S/C12H24N2O/c1-5-15-10(12(2,3)4)11(13)14-8-6-7-9-14/h10,13H,5-9H2,1-4H3. The van der Waals surface area contributed by atoms with Gasteiger partial charge in [-0.05, 0) is 25.2 Å². The molecule has 1 aliphatic heterocycles. The normalized spacial score (nSPS) is 19.3. The van der Waals surface area contributed by atoms with E-state index >= 15 is 0 Å². The molecular formula is C12H24N2O. The summed E-state index contributed by atoms with van der Waals surface area (Å²) in [5.74, 6) is 0.668. The molecule has 0 aliphatic carbocycles. The van der Waals surface area contributed by atoms with Crippen molar-refractivity contribution in [3.63, 3.8) is 0 Å². The molecule has 88 valence electrons. The quantitative estimate of drug-likeness (QED) is 0.576. The van der Waals surface area contributed by atoms with Gasteiger partial charge in [0, 0.05) is 19.7 Å². The number of rotatable bonds is 3. The summed E-state index contributed by atoms with van der Waals surface area (Å²) >= 11 is 0. The minimum Gasteiger partial charge on any atom is -0.370 e. The Morgan fingerprint density at radius 3 is 2.27 bits per heavy atom. The number of hydrogen-bond donors (Lipinski definition) is 1. The van der Waals surface area contributed by atoms with Gasteiger partial charge in [-0.2, -0.15) is 0 Å². The van der Waals surface area contributed by atoms with Crippen LogP contribution in [0.25, 0.3) is 0 Å². The molecule has 0 radical (unpaired) electrons. The summed E-state index contributed by atoms with van der Waals surface area (Å²) in [7, 11) is 0. The first-order chi connectivity index (χ1) is 6.96. The molecule has 0 bridgehead atoms. The highest BCUT2D eigenvalue weighted by Crippen LogP contribution is 2.25. The van der Waals surface area contributed by atoms with Crippen LogP contribution in [-0.2, 0) is 4.74 Å². The summed E-state index contributed by atoms with van der Waals surface area (Å²) in [5, 5.41) is 8.20. The monoisotopic (exact) mass is 212 g/mol. The van der Waals surface area contributed by atoms with Crippen molar-refractivity contribution in [2.45, 2.75) is 46.6 Å². The van der Waals surface area contributed by atoms with Crippen LogP contribution in [0.15, 0.2) is 0 Å². The van der Waals surface area contributed by atoms with E-state index in [-0.39, 0.29) is 11.5 Å². The van der Waals surface area contributed by atoms with Crippen LogP contribution in [-0.4, -0.2) is 36.5 Å². The van der Waals surface area contributed by atoms with Gasteiger partial charge in [-0.15, -0.1) is 0 Å². The Morgan fingerprint density at radius 2 is 1.87 bits per heavy atom. The highest BCUT2D eigenvalue weighted by atomic mass is 16.5. The van der Waals surface area contributed by atoms with E-state index in [0.717, 1.165) is 13.1 Å². The zero-order valence-corrected chi connectivity index (χ0v) is 10.5. The molecule has 1 N–H and O–H groups in total. The molecule has 0 amide bonds. The van der Waals surface area contributed by atoms with Gasteiger partial charge >= 0.3 is 0 Å². The van der Waals surface area contributed by atoms with Gasteiger partial charge in [-0.25, -0.2) is 0 Å². The van der Waals surface area contributed by atoms with Crippen molar-refractivity contribution in [2.24, 2.45) is 5.41 Å². The predicted octanol–water partition coefficient (Wildman–Crippen LogP) is 2.51. The van der Waals surface area contributed by atoms with Gasteiger partial charge in [0.1, 0.15) is 11.9 Å². The Hall–Kier alpha value is -0.570. The third-order valence-corrected chi connectivity index (χ3v) is 2.81. The van der Waals surface area contributed by atoms with Crippen LogP contribution in [0.5, 0.6) is 0 Å². The topological polar surface area (TPSA) is 36.3 Å². The lowest BCUT2D eigenvalue weighted by Crippen LogP contribution is -2.45. The van der Waals surface area contributed by atoms with Crippen LogP contribution in [0.4, 0.5) is 0 Å². The van der Waals surface area contributed by atoms with E-state index in [1.807, 2.05) is 6.92 Å². The van der Waals surface area contributed by atoms with Gasteiger partial charge in [0.25, 0.3) is 0 Å². The first-order valence-corrected chi connectivity index (χ1v) is 5.91. The van der Waals surface area contributed by atoms with Crippen LogP contribution in [0, 0.1) is 10.8 Å². The van der Waals surface area contributed by atoms with Crippen LogP contribution < -0.4 is 0 Å².